The largest absolute Gasteiger partial charge is 0.477 e. The van der Waals surface area contributed by atoms with Gasteiger partial charge >= 0.3 is 5.97 Å². The van der Waals surface area contributed by atoms with Crippen molar-refractivity contribution in [2.45, 2.75) is 26.2 Å². The third-order valence-electron chi connectivity index (χ3n) is 4.66. The summed E-state index contributed by atoms with van der Waals surface area (Å²) < 4.78 is 1.28. The molecule has 0 spiro atoms. The number of aromatic carboxylic acids is 1. The van der Waals surface area contributed by atoms with Crippen LogP contribution in [0.15, 0.2) is 6.20 Å². The molecule has 1 aliphatic carbocycles. The second-order valence-corrected chi connectivity index (χ2v) is 5.78. The van der Waals surface area contributed by atoms with Crippen molar-refractivity contribution >= 4 is 23.6 Å². The number of imide groups is 1. The fourth-order valence-corrected chi connectivity index (χ4v) is 3.52. The zero-order valence-electron chi connectivity index (χ0n) is 11.9. The molecule has 1 saturated carbocycles. The molecular weight excluding hydrogens is 274 g/mol. The van der Waals surface area contributed by atoms with Gasteiger partial charge in [0.15, 0.2) is 5.82 Å². The average molecular weight is 291 g/mol. The van der Waals surface area contributed by atoms with Crippen molar-refractivity contribution in [3.8, 4) is 0 Å². The van der Waals surface area contributed by atoms with Crippen LogP contribution >= 0.6 is 0 Å². The average Bonchev–Trinajstić information content (AvgIpc) is 3.07. The summed E-state index contributed by atoms with van der Waals surface area (Å²) in [5, 5.41) is 13.1. The molecule has 2 unspecified atom stereocenters. The van der Waals surface area contributed by atoms with Gasteiger partial charge in [-0.15, -0.1) is 0 Å². The van der Waals surface area contributed by atoms with Gasteiger partial charge in [-0.05, 0) is 18.8 Å². The topological polar surface area (TPSA) is 92.5 Å². The smallest absolute Gasteiger partial charge is 0.341 e. The first-order valence-corrected chi connectivity index (χ1v) is 7.08. The molecule has 1 saturated heterocycles. The lowest BCUT2D eigenvalue weighted by molar-refractivity contribution is -0.123. The molecule has 2 fully saturated rings. The highest BCUT2D eigenvalue weighted by molar-refractivity contribution is 6.23. The molecule has 7 heteroatoms. The number of carboxylic acid groups (broad SMARTS) is 1. The molecule has 1 aromatic rings. The number of amides is 2. The highest BCUT2D eigenvalue weighted by Gasteiger charge is 2.54. The van der Waals surface area contributed by atoms with E-state index < -0.39 is 5.97 Å². The van der Waals surface area contributed by atoms with Crippen LogP contribution in [0.3, 0.4) is 0 Å². The Morgan fingerprint density at radius 2 is 1.90 bits per heavy atom. The van der Waals surface area contributed by atoms with Gasteiger partial charge in [0, 0.05) is 7.05 Å². The van der Waals surface area contributed by atoms with E-state index in [4.69, 9.17) is 0 Å². The first-order valence-electron chi connectivity index (χ1n) is 7.08. The van der Waals surface area contributed by atoms with Crippen LogP contribution in [-0.2, 0) is 16.6 Å². The minimum atomic E-state index is -1.19. The van der Waals surface area contributed by atoms with Crippen LogP contribution in [0.25, 0.3) is 0 Å². The van der Waals surface area contributed by atoms with Gasteiger partial charge in [0.2, 0.25) is 11.8 Å². The number of nitrogens with zero attached hydrogens (tertiary/aromatic N) is 3. The number of hydrogen-bond donors (Lipinski definition) is 1. The summed E-state index contributed by atoms with van der Waals surface area (Å²) >= 11 is 0. The Morgan fingerprint density at radius 3 is 2.38 bits per heavy atom. The van der Waals surface area contributed by atoms with Gasteiger partial charge in [-0.2, -0.15) is 5.10 Å². The number of hydrogen-bond acceptors (Lipinski definition) is 4. The molecule has 2 aliphatic rings. The van der Waals surface area contributed by atoms with Crippen LogP contribution in [-0.4, -0.2) is 32.7 Å². The van der Waals surface area contributed by atoms with Crippen molar-refractivity contribution < 1.29 is 19.5 Å². The SMILES string of the molecule is CCC1CC2C(=O)N(c3c(C(=O)O)cnn3C)C(=O)C2C1. The molecule has 3 rings (SSSR count). The molecule has 112 valence electrons. The number of anilines is 1. The number of carbonyl (C=O) groups is 3. The highest BCUT2D eigenvalue weighted by atomic mass is 16.4. The fourth-order valence-electron chi connectivity index (χ4n) is 3.52. The van der Waals surface area contributed by atoms with Crippen molar-refractivity contribution in [2.24, 2.45) is 24.8 Å². The van der Waals surface area contributed by atoms with E-state index in [9.17, 15) is 19.5 Å². The van der Waals surface area contributed by atoms with E-state index in [0.29, 0.717) is 18.8 Å². The predicted octanol–water partition coefficient (Wildman–Crippen LogP) is 1.04. The lowest BCUT2D eigenvalue weighted by Gasteiger charge is -2.18. The molecular formula is C14H17N3O4. The summed E-state index contributed by atoms with van der Waals surface area (Å²) in [6.45, 7) is 2.06. The molecule has 21 heavy (non-hydrogen) atoms. The Labute approximate surface area is 121 Å². The Bertz CT molecular complexity index is 612. The van der Waals surface area contributed by atoms with Crippen LogP contribution in [0.2, 0.25) is 0 Å². The van der Waals surface area contributed by atoms with Gasteiger partial charge < -0.3 is 5.11 Å². The molecule has 2 amide bonds. The van der Waals surface area contributed by atoms with Gasteiger partial charge in [0.1, 0.15) is 5.56 Å². The Morgan fingerprint density at radius 1 is 1.33 bits per heavy atom. The van der Waals surface area contributed by atoms with Gasteiger partial charge in [0.05, 0.1) is 18.0 Å². The molecule has 0 bridgehead atoms. The maximum Gasteiger partial charge on any atom is 0.341 e. The summed E-state index contributed by atoms with van der Waals surface area (Å²) in [6.07, 6.45) is 3.55. The van der Waals surface area contributed by atoms with E-state index in [1.54, 1.807) is 0 Å². The van der Waals surface area contributed by atoms with Crippen molar-refractivity contribution in [1.29, 1.82) is 0 Å². The summed E-state index contributed by atoms with van der Waals surface area (Å²) in [7, 11) is 1.53. The van der Waals surface area contributed by atoms with Crippen LogP contribution in [0.4, 0.5) is 5.82 Å². The van der Waals surface area contributed by atoms with E-state index in [-0.39, 0.29) is 35.0 Å². The minimum absolute atomic E-state index is 0.0694. The molecule has 2 heterocycles. The van der Waals surface area contributed by atoms with Crippen molar-refractivity contribution in [1.82, 2.24) is 9.78 Å². The lowest BCUT2D eigenvalue weighted by atomic mass is 10.00. The number of carboxylic acids is 1. The van der Waals surface area contributed by atoms with E-state index in [1.807, 2.05) is 0 Å². The third kappa shape index (κ3) is 1.87. The Kier molecular flexibility index (Phi) is 3.07. The van der Waals surface area contributed by atoms with E-state index in [2.05, 4.69) is 12.0 Å². The van der Waals surface area contributed by atoms with Gasteiger partial charge in [0.25, 0.3) is 0 Å². The summed E-state index contributed by atoms with van der Waals surface area (Å²) in [5.74, 6) is -1.90. The van der Waals surface area contributed by atoms with Crippen molar-refractivity contribution in [3.63, 3.8) is 0 Å². The molecule has 7 nitrogen and oxygen atoms in total. The lowest BCUT2D eigenvalue weighted by Crippen LogP contribution is -2.35. The Hall–Kier alpha value is -2.18. The Balaban J connectivity index is 1.99. The zero-order valence-corrected chi connectivity index (χ0v) is 11.9. The number of rotatable bonds is 3. The third-order valence-corrected chi connectivity index (χ3v) is 4.66. The first-order chi connectivity index (χ1) is 9.95. The number of aromatic nitrogens is 2. The van der Waals surface area contributed by atoms with Gasteiger partial charge in [-0.25, -0.2) is 9.69 Å². The van der Waals surface area contributed by atoms with Crippen LogP contribution in [0, 0.1) is 17.8 Å². The van der Waals surface area contributed by atoms with Crippen molar-refractivity contribution in [2.75, 3.05) is 4.90 Å². The van der Waals surface area contributed by atoms with Gasteiger partial charge in [-0.1, -0.05) is 13.3 Å². The van der Waals surface area contributed by atoms with E-state index >= 15 is 0 Å². The summed E-state index contributed by atoms with van der Waals surface area (Å²) in [4.78, 5) is 37.4. The highest BCUT2D eigenvalue weighted by Crippen LogP contribution is 2.45. The monoisotopic (exact) mass is 291 g/mol. The summed E-state index contributed by atoms with van der Waals surface area (Å²) in [5.41, 5.74) is -0.119. The molecule has 0 aromatic carbocycles. The van der Waals surface area contributed by atoms with Crippen molar-refractivity contribution in [3.05, 3.63) is 11.8 Å². The normalized spacial score (nSPS) is 28.3. The van der Waals surface area contributed by atoms with Crippen LogP contribution < -0.4 is 4.90 Å². The molecule has 1 aromatic heterocycles. The first kappa shape index (κ1) is 13.8. The molecule has 0 radical (unpaired) electrons. The van der Waals surface area contributed by atoms with Crippen LogP contribution in [0.5, 0.6) is 0 Å². The van der Waals surface area contributed by atoms with E-state index in [0.717, 1.165) is 11.3 Å². The number of fused-ring (bicyclic) bond motifs is 1. The van der Waals surface area contributed by atoms with Gasteiger partial charge in [-0.3, -0.25) is 14.3 Å². The summed E-state index contributed by atoms with van der Waals surface area (Å²) in [6, 6.07) is 0. The fraction of sp³-hybridized carbons (Fsp3) is 0.571. The van der Waals surface area contributed by atoms with Crippen LogP contribution in [0.1, 0.15) is 36.5 Å². The quantitative estimate of drug-likeness (QED) is 0.840. The second-order valence-electron chi connectivity index (χ2n) is 5.78. The maximum absolute atomic E-state index is 12.6. The standard InChI is InChI=1S/C14H17N3O4/c1-3-7-4-8-9(5-7)13(19)17(12(8)18)11-10(14(20)21)6-15-16(11)2/h6-9H,3-5H2,1-2H3,(H,20,21). The molecule has 1 aliphatic heterocycles. The zero-order chi connectivity index (χ0) is 15.3. The second kappa shape index (κ2) is 4.68. The van der Waals surface area contributed by atoms with E-state index in [1.165, 1.54) is 17.9 Å². The number of carbonyl (C=O) groups excluding carboxylic acids is 2. The maximum atomic E-state index is 12.6. The predicted molar refractivity (Wildman–Crippen MR) is 72.7 cm³/mol. The molecule has 1 N–H and O–H groups in total. The number of aryl methyl sites for hydroxylation is 1. The minimum Gasteiger partial charge on any atom is -0.477 e. The molecule has 2 atom stereocenters.